The van der Waals surface area contributed by atoms with E-state index in [-0.39, 0.29) is 5.41 Å². The zero-order valence-electron chi connectivity index (χ0n) is 13.9. The summed E-state index contributed by atoms with van der Waals surface area (Å²) in [7, 11) is 0. The van der Waals surface area contributed by atoms with E-state index in [1.807, 2.05) is 0 Å². The number of nitrogens with zero attached hydrogens (tertiary/aromatic N) is 2. The van der Waals surface area contributed by atoms with Crippen molar-refractivity contribution in [3.8, 4) is 0 Å². The molecule has 2 heteroatoms. The van der Waals surface area contributed by atoms with Crippen LogP contribution in [0, 0.1) is 12.8 Å². The van der Waals surface area contributed by atoms with Crippen molar-refractivity contribution in [3.63, 3.8) is 0 Å². The number of aromatic nitrogens is 2. The molecule has 2 aromatic rings. The van der Waals surface area contributed by atoms with Gasteiger partial charge in [0.05, 0.1) is 11.0 Å². The molecule has 0 amide bonds. The van der Waals surface area contributed by atoms with Crippen molar-refractivity contribution in [1.82, 2.24) is 9.55 Å². The summed E-state index contributed by atoms with van der Waals surface area (Å²) in [6.07, 6.45) is 7.00. The fourth-order valence-corrected chi connectivity index (χ4v) is 3.63. The number of benzene rings is 1. The minimum atomic E-state index is 0.0988. The van der Waals surface area contributed by atoms with E-state index >= 15 is 0 Å². The maximum atomic E-state index is 4.97. The smallest absolute Gasteiger partial charge is 0.115 e. The van der Waals surface area contributed by atoms with Crippen LogP contribution in [0.5, 0.6) is 0 Å². The molecule has 1 saturated carbocycles. The molecule has 2 nitrogen and oxygen atoms in total. The standard InChI is InChI=1S/C19H28N2/c1-14-10-11-17-16(12-14)20-18(19(2,3)4)21(17)13-15-8-6-5-7-9-15/h10-12,15H,5-9,13H2,1-4H3. The number of hydrogen-bond acceptors (Lipinski definition) is 1. The quantitative estimate of drug-likeness (QED) is 0.739. The van der Waals surface area contributed by atoms with Gasteiger partial charge in [-0.1, -0.05) is 46.1 Å². The molecule has 1 fully saturated rings. The van der Waals surface area contributed by atoms with Gasteiger partial charge in [-0.25, -0.2) is 4.98 Å². The van der Waals surface area contributed by atoms with Crippen LogP contribution in [0.25, 0.3) is 11.0 Å². The Balaban J connectivity index is 2.04. The molecule has 0 spiro atoms. The van der Waals surface area contributed by atoms with Gasteiger partial charge >= 0.3 is 0 Å². The number of aryl methyl sites for hydroxylation is 1. The summed E-state index contributed by atoms with van der Waals surface area (Å²) >= 11 is 0. The molecule has 0 atom stereocenters. The summed E-state index contributed by atoms with van der Waals surface area (Å²) in [5.74, 6) is 2.08. The Hall–Kier alpha value is -1.31. The van der Waals surface area contributed by atoms with Crippen LogP contribution >= 0.6 is 0 Å². The van der Waals surface area contributed by atoms with Gasteiger partial charge in [-0.15, -0.1) is 0 Å². The first kappa shape index (κ1) is 14.6. The van der Waals surface area contributed by atoms with E-state index in [9.17, 15) is 0 Å². The van der Waals surface area contributed by atoms with Gasteiger partial charge in [0.2, 0.25) is 0 Å². The molecule has 0 aliphatic heterocycles. The van der Waals surface area contributed by atoms with Gasteiger partial charge in [-0.2, -0.15) is 0 Å². The molecule has 0 unspecified atom stereocenters. The summed E-state index contributed by atoms with van der Waals surface area (Å²) in [4.78, 5) is 4.97. The Bertz CT molecular complexity index is 625. The highest BCUT2D eigenvalue weighted by atomic mass is 15.1. The summed E-state index contributed by atoms with van der Waals surface area (Å²) in [6.45, 7) is 10.1. The third-order valence-corrected chi connectivity index (χ3v) is 4.74. The van der Waals surface area contributed by atoms with E-state index < -0.39 is 0 Å². The second-order valence-corrected chi connectivity index (χ2v) is 7.79. The first-order chi connectivity index (χ1) is 9.95. The molecule has 0 N–H and O–H groups in total. The van der Waals surface area contributed by atoms with Crippen LogP contribution in [-0.2, 0) is 12.0 Å². The summed E-state index contributed by atoms with van der Waals surface area (Å²) in [5.41, 5.74) is 3.87. The Morgan fingerprint density at radius 2 is 1.86 bits per heavy atom. The van der Waals surface area contributed by atoms with E-state index in [0.29, 0.717) is 0 Å². The molecule has 0 bridgehead atoms. The zero-order valence-corrected chi connectivity index (χ0v) is 13.9. The van der Waals surface area contributed by atoms with Crippen LogP contribution in [0.3, 0.4) is 0 Å². The van der Waals surface area contributed by atoms with Gasteiger partial charge in [0.1, 0.15) is 5.82 Å². The third kappa shape index (κ3) is 3.00. The van der Waals surface area contributed by atoms with Gasteiger partial charge in [0, 0.05) is 12.0 Å². The van der Waals surface area contributed by atoms with Crippen LogP contribution in [0.15, 0.2) is 18.2 Å². The number of rotatable bonds is 2. The van der Waals surface area contributed by atoms with E-state index in [4.69, 9.17) is 4.98 Å². The lowest BCUT2D eigenvalue weighted by Gasteiger charge is -2.26. The number of imidazole rings is 1. The van der Waals surface area contributed by atoms with Gasteiger partial charge in [-0.05, 0) is 43.4 Å². The minimum absolute atomic E-state index is 0.0988. The molecule has 1 heterocycles. The molecule has 1 aliphatic carbocycles. The molecule has 1 aromatic heterocycles. The van der Waals surface area contributed by atoms with Crippen molar-refractivity contribution in [2.45, 2.75) is 71.8 Å². The topological polar surface area (TPSA) is 17.8 Å². The third-order valence-electron chi connectivity index (χ3n) is 4.74. The van der Waals surface area contributed by atoms with Gasteiger partial charge in [0.15, 0.2) is 0 Å². The van der Waals surface area contributed by atoms with Crippen molar-refractivity contribution in [2.75, 3.05) is 0 Å². The normalized spacial score (nSPS) is 17.5. The van der Waals surface area contributed by atoms with Crippen LogP contribution in [-0.4, -0.2) is 9.55 Å². The van der Waals surface area contributed by atoms with Crippen molar-refractivity contribution in [3.05, 3.63) is 29.6 Å². The van der Waals surface area contributed by atoms with Crippen LogP contribution in [0.4, 0.5) is 0 Å². The second-order valence-electron chi connectivity index (χ2n) is 7.79. The maximum absolute atomic E-state index is 4.97. The lowest BCUT2D eigenvalue weighted by Crippen LogP contribution is -2.22. The lowest BCUT2D eigenvalue weighted by molar-refractivity contribution is 0.313. The second kappa shape index (κ2) is 5.47. The molecular weight excluding hydrogens is 256 g/mol. The number of hydrogen-bond donors (Lipinski definition) is 0. The molecule has 21 heavy (non-hydrogen) atoms. The first-order valence-corrected chi connectivity index (χ1v) is 8.42. The Kier molecular flexibility index (Phi) is 3.81. The van der Waals surface area contributed by atoms with Gasteiger partial charge in [0.25, 0.3) is 0 Å². The lowest BCUT2D eigenvalue weighted by atomic mass is 9.88. The fourth-order valence-electron chi connectivity index (χ4n) is 3.63. The molecule has 3 rings (SSSR count). The van der Waals surface area contributed by atoms with Gasteiger partial charge < -0.3 is 4.57 Å². The van der Waals surface area contributed by atoms with Crippen LogP contribution in [0.1, 0.15) is 64.3 Å². The average molecular weight is 284 g/mol. The monoisotopic (exact) mass is 284 g/mol. The highest BCUT2D eigenvalue weighted by Gasteiger charge is 2.25. The predicted molar refractivity (Wildman–Crippen MR) is 89.7 cm³/mol. The maximum Gasteiger partial charge on any atom is 0.115 e. The molecule has 1 aromatic carbocycles. The Labute approximate surface area is 128 Å². The summed E-state index contributed by atoms with van der Waals surface area (Å²) < 4.78 is 2.50. The largest absolute Gasteiger partial charge is 0.327 e. The Morgan fingerprint density at radius 3 is 2.52 bits per heavy atom. The summed E-state index contributed by atoms with van der Waals surface area (Å²) in [5, 5.41) is 0. The van der Waals surface area contributed by atoms with Crippen molar-refractivity contribution in [1.29, 1.82) is 0 Å². The number of fused-ring (bicyclic) bond motifs is 1. The Morgan fingerprint density at radius 1 is 1.14 bits per heavy atom. The van der Waals surface area contributed by atoms with E-state index in [0.717, 1.165) is 18.0 Å². The fraction of sp³-hybridized carbons (Fsp3) is 0.632. The van der Waals surface area contributed by atoms with E-state index in [1.165, 1.54) is 49.0 Å². The first-order valence-electron chi connectivity index (χ1n) is 8.42. The van der Waals surface area contributed by atoms with Crippen molar-refractivity contribution >= 4 is 11.0 Å². The van der Waals surface area contributed by atoms with E-state index in [2.05, 4.69) is 50.5 Å². The minimum Gasteiger partial charge on any atom is -0.327 e. The SMILES string of the molecule is Cc1ccc2c(c1)nc(C(C)(C)C)n2CC1CCCCC1. The average Bonchev–Trinajstić information content (AvgIpc) is 2.78. The van der Waals surface area contributed by atoms with E-state index in [1.54, 1.807) is 0 Å². The highest BCUT2D eigenvalue weighted by molar-refractivity contribution is 5.77. The van der Waals surface area contributed by atoms with Crippen LogP contribution in [0.2, 0.25) is 0 Å². The molecule has 1 aliphatic rings. The molecule has 114 valence electrons. The van der Waals surface area contributed by atoms with Crippen LogP contribution < -0.4 is 0 Å². The summed E-state index contributed by atoms with van der Waals surface area (Å²) in [6, 6.07) is 6.70. The molecule has 0 saturated heterocycles. The molecular formula is C19H28N2. The predicted octanol–water partition coefficient (Wildman–Crippen LogP) is 5.22. The van der Waals surface area contributed by atoms with Crippen molar-refractivity contribution in [2.24, 2.45) is 5.92 Å². The molecule has 0 radical (unpaired) electrons. The highest BCUT2D eigenvalue weighted by Crippen LogP contribution is 2.31. The van der Waals surface area contributed by atoms with Gasteiger partial charge in [-0.3, -0.25) is 0 Å². The zero-order chi connectivity index (χ0) is 15.0. The van der Waals surface area contributed by atoms with Crippen molar-refractivity contribution < 1.29 is 0 Å².